The first-order chi connectivity index (χ1) is 8.47. The highest BCUT2D eigenvalue weighted by atomic mass is 35.5. The van der Waals surface area contributed by atoms with Crippen molar-refractivity contribution in [3.63, 3.8) is 0 Å². The number of rotatable bonds is 6. The quantitative estimate of drug-likeness (QED) is 0.841. The lowest BCUT2D eigenvalue weighted by molar-refractivity contribution is 0.355. The third-order valence-corrected chi connectivity index (χ3v) is 3.01. The predicted molar refractivity (Wildman–Crippen MR) is 77.1 cm³/mol. The third kappa shape index (κ3) is 3.98. The van der Waals surface area contributed by atoms with Crippen LogP contribution in [0.25, 0.3) is 0 Å². The van der Waals surface area contributed by atoms with Gasteiger partial charge in [-0.2, -0.15) is 0 Å². The molecule has 3 nitrogen and oxygen atoms in total. The Bertz CT molecular complexity index is 394. The normalized spacial score (nSPS) is 12.4. The van der Waals surface area contributed by atoms with Crippen LogP contribution in [-0.2, 0) is 0 Å². The van der Waals surface area contributed by atoms with Crippen LogP contribution in [0, 0.1) is 5.92 Å². The number of anilines is 1. The SMILES string of the molecule is COc1cc(Cl)c(NC(C)CC(C)C)cc1OC. The summed E-state index contributed by atoms with van der Waals surface area (Å²) in [7, 11) is 3.22. The van der Waals surface area contributed by atoms with Gasteiger partial charge < -0.3 is 14.8 Å². The Kier molecular flexibility index (Phi) is 5.60. The van der Waals surface area contributed by atoms with Crippen molar-refractivity contribution in [3.05, 3.63) is 17.2 Å². The van der Waals surface area contributed by atoms with Gasteiger partial charge in [-0.25, -0.2) is 0 Å². The Morgan fingerprint density at radius 1 is 1.11 bits per heavy atom. The second-order valence-electron chi connectivity index (χ2n) is 4.86. The van der Waals surface area contributed by atoms with Gasteiger partial charge in [0, 0.05) is 18.2 Å². The van der Waals surface area contributed by atoms with Crippen LogP contribution in [-0.4, -0.2) is 20.3 Å². The number of hydrogen-bond acceptors (Lipinski definition) is 3. The van der Waals surface area contributed by atoms with Crippen molar-refractivity contribution in [1.82, 2.24) is 0 Å². The first-order valence-electron chi connectivity index (χ1n) is 6.16. The van der Waals surface area contributed by atoms with Gasteiger partial charge in [0.15, 0.2) is 11.5 Å². The minimum absolute atomic E-state index is 0.362. The highest BCUT2D eigenvalue weighted by Gasteiger charge is 2.12. The van der Waals surface area contributed by atoms with Crippen LogP contribution >= 0.6 is 11.6 Å². The predicted octanol–water partition coefficient (Wildman–Crippen LogP) is 4.20. The van der Waals surface area contributed by atoms with Crippen LogP contribution in [0.5, 0.6) is 11.5 Å². The maximum atomic E-state index is 6.22. The zero-order valence-electron chi connectivity index (χ0n) is 11.7. The van der Waals surface area contributed by atoms with Crippen LogP contribution in [0.2, 0.25) is 5.02 Å². The molecule has 1 unspecified atom stereocenters. The highest BCUT2D eigenvalue weighted by molar-refractivity contribution is 6.33. The molecule has 1 atom stereocenters. The molecule has 0 saturated heterocycles. The van der Waals surface area contributed by atoms with E-state index in [2.05, 4.69) is 26.1 Å². The standard InChI is InChI=1S/C14H22ClNO2/c1-9(2)6-10(3)16-12-8-14(18-5)13(17-4)7-11(12)15/h7-10,16H,6H2,1-5H3. The van der Waals surface area contributed by atoms with Crippen molar-refractivity contribution in [2.45, 2.75) is 33.2 Å². The van der Waals surface area contributed by atoms with Crippen LogP contribution in [0.3, 0.4) is 0 Å². The number of nitrogens with one attached hydrogen (secondary N) is 1. The second kappa shape index (κ2) is 6.74. The molecule has 0 aromatic heterocycles. The van der Waals surface area contributed by atoms with E-state index in [1.807, 2.05) is 6.07 Å². The minimum atomic E-state index is 0.362. The topological polar surface area (TPSA) is 30.5 Å². The molecule has 102 valence electrons. The maximum absolute atomic E-state index is 6.22. The summed E-state index contributed by atoms with van der Waals surface area (Å²) in [6.07, 6.45) is 1.09. The first-order valence-corrected chi connectivity index (χ1v) is 6.53. The van der Waals surface area contributed by atoms with Crippen LogP contribution in [0.4, 0.5) is 5.69 Å². The molecule has 0 aliphatic heterocycles. The molecule has 18 heavy (non-hydrogen) atoms. The molecule has 1 aromatic rings. The number of halogens is 1. The number of ether oxygens (including phenoxy) is 2. The maximum Gasteiger partial charge on any atom is 0.162 e. The van der Waals surface area contributed by atoms with Crippen molar-refractivity contribution in [3.8, 4) is 11.5 Å². The van der Waals surface area contributed by atoms with Gasteiger partial charge in [-0.1, -0.05) is 25.4 Å². The molecule has 4 heteroatoms. The molecule has 0 aliphatic rings. The minimum Gasteiger partial charge on any atom is -0.493 e. The lowest BCUT2D eigenvalue weighted by Crippen LogP contribution is -2.17. The van der Waals surface area contributed by atoms with Crippen molar-refractivity contribution in [2.24, 2.45) is 5.92 Å². The summed E-state index contributed by atoms with van der Waals surface area (Å²) in [4.78, 5) is 0. The van der Waals surface area contributed by atoms with Gasteiger partial charge in [0.25, 0.3) is 0 Å². The monoisotopic (exact) mass is 271 g/mol. The Morgan fingerprint density at radius 2 is 1.67 bits per heavy atom. The molecular formula is C14H22ClNO2. The average Bonchev–Trinajstić information content (AvgIpc) is 2.30. The lowest BCUT2D eigenvalue weighted by Gasteiger charge is -2.19. The van der Waals surface area contributed by atoms with Crippen LogP contribution in [0.15, 0.2) is 12.1 Å². The first kappa shape index (κ1) is 15.0. The molecule has 0 saturated carbocycles. The molecule has 1 rings (SSSR count). The van der Waals surface area contributed by atoms with E-state index in [-0.39, 0.29) is 0 Å². The smallest absolute Gasteiger partial charge is 0.162 e. The van der Waals surface area contributed by atoms with E-state index in [9.17, 15) is 0 Å². The molecule has 0 amide bonds. The summed E-state index contributed by atoms with van der Waals surface area (Å²) in [6.45, 7) is 6.55. The Balaban J connectivity index is 2.89. The molecule has 0 fully saturated rings. The van der Waals surface area contributed by atoms with E-state index in [0.717, 1.165) is 12.1 Å². The lowest BCUT2D eigenvalue weighted by atomic mass is 10.1. The molecule has 0 bridgehead atoms. The third-order valence-electron chi connectivity index (χ3n) is 2.70. The molecular weight excluding hydrogens is 250 g/mol. The summed E-state index contributed by atoms with van der Waals surface area (Å²) >= 11 is 6.22. The van der Waals surface area contributed by atoms with Gasteiger partial charge in [0.1, 0.15) is 0 Å². The zero-order chi connectivity index (χ0) is 13.7. The van der Waals surface area contributed by atoms with E-state index in [1.165, 1.54) is 0 Å². The molecule has 1 aromatic carbocycles. The fraction of sp³-hybridized carbons (Fsp3) is 0.571. The summed E-state index contributed by atoms with van der Waals surface area (Å²) in [6, 6.07) is 4.00. The fourth-order valence-electron chi connectivity index (χ4n) is 2.00. The summed E-state index contributed by atoms with van der Waals surface area (Å²) < 4.78 is 10.5. The van der Waals surface area contributed by atoms with Gasteiger partial charge >= 0.3 is 0 Å². The van der Waals surface area contributed by atoms with E-state index in [4.69, 9.17) is 21.1 Å². The van der Waals surface area contributed by atoms with Crippen LogP contribution < -0.4 is 14.8 Å². The van der Waals surface area contributed by atoms with Gasteiger partial charge in [-0.15, -0.1) is 0 Å². The average molecular weight is 272 g/mol. The van der Waals surface area contributed by atoms with Gasteiger partial charge in [-0.05, 0) is 19.3 Å². The van der Waals surface area contributed by atoms with Crippen molar-refractivity contribution in [2.75, 3.05) is 19.5 Å². The largest absolute Gasteiger partial charge is 0.493 e. The Hall–Kier alpha value is -1.09. The summed E-state index contributed by atoms with van der Waals surface area (Å²) in [5, 5.41) is 4.04. The second-order valence-corrected chi connectivity index (χ2v) is 5.27. The highest BCUT2D eigenvalue weighted by Crippen LogP contribution is 2.36. The van der Waals surface area contributed by atoms with Crippen molar-refractivity contribution < 1.29 is 9.47 Å². The number of methoxy groups -OCH3 is 2. The van der Waals surface area contributed by atoms with Gasteiger partial charge in [0.2, 0.25) is 0 Å². The van der Waals surface area contributed by atoms with Gasteiger partial charge in [0.05, 0.1) is 24.9 Å². The molecule has 0 radical (unpaired) electrons. The van der Waals surface area contributed by atoms with E-state index >= 15 is 0 Å². The molecule has 0 heterocycles. The fourth-order valence-corrected chi connectivity index (χ4v) is 2.20. The molecule has 1 N–H and O–H groups in total. The van der Waals surface area contributed by atoms with Crippen molar-refractivity contribution in [1.29, 1.82) is 0 Å². The Morgan fingerprint density at radius 3 is 2.17 bits per heavy atom. The number of hydrogen-bond donors (Lipinski definition) is 1. The molecule has 0 aliphatic carbocycles. The summed E-state index contributed by atoms with van der Waals surface area (Å²) in [5.74, 6) is 1.97. The number of benzene rings is 1. The molecule has 0 spiro atoms. The Labute approximate surface area is 114 Å². The van der Waals surface area contributed by atoms with E-state index in [0.29, 0.717) is 28.5 Å². The van der Waals surface area contributed by atoms with Crippen molar-refractivity contribution >= 4 is 17.3 Å². The zero-order valence-corrected chi connectivity index (χ0v) is 12.5. The van der Waals surface area contributed by atoms with Crippen LogP contribution in [0.1, 0.15) is 27.2 Å². The van der Waals surface area contributed by atoms with E-state index < -0.39 is 0 Å². The summed E-state index contributed by atoms with van der Waals surface area (Å²) in [5.41, 5.74) is 0.877. The van der Waals surface area contributed by atoms with E-state index in [1.54, 1.807) is 20.3 Å². The van der Waals surface area contributed by atoms with Gasteiger partial charge in [-0.3, -0.25) is 0 Å².